The Kier molecular flexibility index (Phi) is 4.68. The molecule has 2 heterocycles. The van der Waals surface area contributed by atoms with Gasteiger partial charge >= 0.3 is 0 Å². The minimum Gasteiger partial charge on any atom is -0.458 e. The third kappa shape index (κ3) is 3.67. The molecule has 5 heteroatoms. The fourth-order valence-electron chi connectivity index (χ4n) is 1.94. The molecule has 0 radical (unpaired) electrons. The summed E-state index contributed by atoms with van der Waals surface area (Å²) in [7, 11) is 0. The SMILES string of the molecule is Cc1nccn1Cc1ccc(C=Nc2ccccc2)o1.O. The molecule has 0 aliphatic heterocycles. The van der Waals surface area contributed by atoms with Gasteiger partial charge in [0.25, 0.3) is 0 Å². The maximum absolute atomic E-state index is 5.74. The maximum Gasteiger partial charge on any atom is 0.145 e. The van der Waals surface area contributed by atoms with Crippen molar-refractivity contribution in [3.8, 4) is 0 Å². The molecular weight excluding hydrogens is 266 g/mol. The van der Waals surface area contributed by atoms with E-state index in [1.807, 2.05) is 60.2 Å². The van der Waals surface area contributed by atoms with E-state index >= 15 is 0 Å². The molecule has 0 saturated carbocycles. The second-order valence-electron chi connectivity index (χ2n) is 4.50. The Morgan fingerprint density at radius 2 is 2.00 bits per heavy atom. The number of aromatic nitrogens is 2. The van der Waals surface area contributed by atoms with Gasteiger partial charge in [0.1, 0.15) is 17.3 Å². The van der Waals surface area contributed by atoms with Gasteiger partial charge in [0.15, 0.2) is 0 Å². The average Bonchev–Trinajstić information content (AvgIpc) is 3.08. The van der Waals surface area contributed by atoms with Gasteiger partial charge in [-0.15, -0.1) is 0 Å². The number of furan rings is 1. The fraction of sp³-hybridized carbons (Fsp3) is 0.125. The van der Waals surface area contributed by atoms with Crippen molar-refractivity contribution < 1.29 is 9.89 Å². The molecule has 0 fully saturated rings. The molecule has 0 amide bonds. The van der Waals surface area contributed by atoms with Gasteiger partial charge < -0.3 is 14.5 Å². The highest BCUT2D eigenvalue weighted by atomic mass is 16.3. The average molecular weight is 283 g/mol. The summed E-state index contributed by atoms with van der Waals surface area (Å²) in [6.07, 6.45) is 5.46. The molecule has 2 N–H and O–H groups in total. The first-order valence-electron chi connectivity index (χ1n) is 6.47. The summed E-state index contributed by atoms with van der Waals surface area (Å²) in [5.41, 5.74) is 0.913. The van der Waals surface area contributed by atoms with Crippen LogP contribution in [0, 0.1) is 6.92 Å². The van der Waals surface area contributed by atoms with E-state index in [1.54, 1.807) is 12.4 Å². The van der Waals surface area contributed by atoms with Crippen LogP contribution < -0.4 is 0 Å². The van der Waals surface area contributed by atoms with Gasteiger partial charge in [0.05, 0.1) is 18.4 Å². The first-order chi connectivity index (χ1) is 9.81. The Bertz CT molecular complexity index is 714. The summed E-state index contributed by atoms with van der Waals surface area (Å²) in [6.45, 7) is 2.66. The summed E-state index contributed by atoms with van der Waals surface area (Å²) in [6, 6.07) is 13.7. The Balaban J connectivity index is 0.00000161. The zero-order valence-electron chi connectivity index (χ0n) is 11.7. The number of aliphatic imine (C=N–C) groups is 1. The zero-order valence-corrected chi connectivity index (χ0v) is 11.7. The van der Waals surface area contributed by atoms with E-state index in [2.05, 4.69) is 9.98 Å². The number of aryl methyl sites for hydroxylation is 1. The number of rotatable bonds is 4. The summed E-state index contributed by atoms with van der Waals surface area (Å²) in [5, 5.41) is 0. The van der Waals surface area contributed by atoms with Crippen LogP contribution in [0.25, 0.3) is 0 Å². The van der Waals surface area contributed by atoms with E-state index in [9.17, 15) is 0 Å². The molecule has 0 aliphatic rings. The molecule has 5 nitrogen and oxygen atoms in total. The largest absolute Gasteiger partial charge is 0.458 e. The lowest BCUT2D eigenvalue weighted by molar-refractivity contribution is 0.486. The lowest BCUT2D eigenvalue weighted by Gasteiger charge is -2.00. The molecular formula is C16H17N3O2. The van der Waals surface area contributed by atoms with Gasteiger partial charge in [0, 0.05) is 12.4 Å². The molecule has 0 bridgehead atoms. The number of hydrogen-bond acceptors (Lipinski definition) is 3. The van der Waals surface area contributed by atoms with Crippen LogP contribution in [0.15, 0.2) is 64.3 Å². The van der Waals surface area contributed by atoms with E-state index in [-0.39, 0.29) is 5.48 Å². The lowest BCUT2D eigenvalue weighted by Crippen LogP contribution is -1.99. The number of nitrogens with zero attached hydrogens (tertiary/aromatic N) is 3. The third-order valence-electron chi connectivity index (χ3n) is 3.03. The standard InChI is InChI=1S/C16H15N3O.H2O/c1-13-17-9-10-19(13)12-16-8-7-15(20-16)11-18-14-5-3-2-4-6-14;/h2-11H,12H2,1H3;1H2. The Hall–Kier alpha value is -2.66. The van der Waals surface area contributed by atoms with Crippen LogP contribution in [-0.4, -0.2) is 21.2 Å². The van der Waals surface area contributed by atoms with Crippen molar-refractivity contribution in [2.75, 3.05) is 0 Å². The molecule has 1 aromatic carbocycles. The summed E-state index contributed by atoms with van der Waals surface area (Å²) in [5.74, 6) is 2.61. The van der Waals surface area contributed by atoms with Crippen molar-refractivity contribution in [1.29, 1.82) is 0 Å². The predicted octanol–water partition coefficient (Wildman–Crippen LogP) is 2.76. The van der Waals surface area contributed by atoms with Gasteiger partial charge in [-0.2, -0.15) is 0 Å². The van der Waals surface area contributed by atoms with Crippen molar-refractivity contribution in [2.45, 2.75) is 13.5 Å². The van der Waals surface area contributed by atoms with E-state index in [4.69, 9.17) is 4.42 Å². The lowest BCUT2D eigenvalue weighted by atomic mass is 10.3. The monoisotopic (exact) mass is 283 g/mol. The topological polar surface area (TPSA) is 74.8 Å². The fourth-order valence-corrected chi connectivity index (χ4v) is 1.94. The van der Waals surface area contributed by atoms with Gasteiger partial charge in [0.2, 0.25) is 0 Å². The summed E-state index contributed by atoms with van der Waals surface area (Å²) >= 11 is 0. The molecule has 2 aromatic heterocycles. The normalized spacial score (nSPS) is 10.7. The summed E-state index contributed by atoms with van der Waals surface area (Å²) < 4.78 is 7.77. The van der Waals surface area contributed by atoms with Gasteiger partial charge in [-0.1, -0.05) is 18.2 Å². The van der Waals surface area contributed by atoms with E-state index in [1.165, 1.54) is 0 Å². The highest BCUT2D eigenvalue weighted by molar-refractivity contribution is 5.78. The van der Waals surface area contributed by atoms with Crippen molar-refractivity contribution >= 4 is 11.9 Å². The molecule has 21 heavy (non-hydrogen) atoms. The van der Waals surface area contributed by atoms with E-state index < -0.39 is 0 Å². The predicted molar refractivity (Wildman–Crippen MR) is 82.1 cm³/mol. The minimum atomic E-state index is 0. The molecule has 108 valence electrons. The summed E-state index contributed by atoms with van der Waals surface area (Å²) in [4.78, 5) is 8.56. The van der Waals surface area contributed by atoms with Gasteiger partial charge in [-0.3, -0.25) is 4.99 Å². The zero-order chi connectivity index (χ0) is 13.8. The third-order valence-corrected chi connectivity index (χ3v) is 3.03. The number of imidazole rings is 1. The first kappa shape index (κ1) is 14.7. The second-order valence-corrected chi connectivity index (χ2v) is 4.50. The number of hydrogen-bond donors (Lipinski definition) is 0. The molecule has 0 unspecified atom stereocenters. The van der Waals surface area contributed by atoms with Crippen LogP contribution >= 0.6 is 0 Å². The van der Waals surface area contributed by atoms with Gasteiger partial charge in [-0.05, 0) is 31.2 Å². The molecule has 0 saturated heterocycles. The Morgan fingerprint density at radius 3 is 2.71 bits per heavy atom. The minimum absolute atomic E-state index is 0. The number of benzene rings is 1. The van der Waals surface area contributed by atoms with E-state index in [0.717, 1.165) is 23.0 Å². The molecule has 0 aliphatic carbocycles. The smallest absolute Gasteiger partial charge is 0.145 e. The highest BCUT2D eigenvalue weighted by Gasteiger charge is 2.03. The van der Waals surface area contributed by atoms with Crippen LogP contribution in [0.2, 0.25) is 0 Å². The maximum atomic E-state index is 5.74. The van der Waals surface area contributed by atoms with Crippen molar-refractivity contribution in [1.82, 2.24) is 9.55 Å². The highest BCUT2D eigenvalue weighted by Crippen LogP contribution is 2.12. The molecule has 3 aromatic rings. The van der Waals surface area contributed by atoms with Crippen molar-refractivity contribution in [2.24, 2.45) is 4.99 Å². The second kappa shape index (κ2) is 6.67. The number of para-hydroxylation sites is 1. The van der Waals surface area contributed by atoms with Crippen LogP contribution in [0.3, 0.4) is 0 Å². The van der Waals surface area contributed by atoms with Crippen molar-refractivity contribution in [3.63, 3.8) is 0 Å². The van der Waals surface area contributed by atoms with E-state index in [0.29, 0.717) is 6.54 Å². The Labute approximate surface area is 122 Å². The molecule has 3 rings (SSSR count). The quantitative estimate of drug-likeness (QED) is 0.690. The molecule has 0 spiro atoms. The van der Waals surface area contributed by atoms with Crippen LogP contribution in [0.4, 0.5) is 5.69 Å². The molecule has 0 atom stereocenters. The van der Waals surface area contributed by atoms with Crippen LogP contribution in [-0.2, 0) is 6.54 Å². The van der Waals surface area contributed by atoms with Crippen LogP contribution in [0.5, 0.6) is 0 Å². The first-order valence-corrected chi connectivity index (χ1v) is 6.47. The Morgan fingerprint density at radius 1 is 1.19 bits per heavy atom. The van der Waals surface area contributed by atoms with Crippen molar-refractivity contribution in [3.05, 3.63) is 72.2 Å². The van der Waals surface area contributed by atoms with Gasteiger partial charge in [-0.25, -0.2) is 4.98 Å². The van der Waals surface area contributed by atoms with Crippen LogP contribution in [0.1, 0.15) is 17.3 Å².